The lowest BCUT2D eigenvalue weighted by molar-refractivity contribution is -0.123. The van der Waals surface area contributed by atoms with Crippen LogP contribution in [0.4, 0.5) is 5.69 Å². The summed E-state index contributed by atoms with van der Waals surface area (Å²) in [5.74, 6) is -1.06. The van der Waals surface area contributed by atoms with Crippen LogP contribution < -0.4 is 5.32 Å². The van der Waals surface area contributed by atoms with Gasteiger partial charge in [-0.05, 0) is 24.6 Å². The third kappa shape index (κ3) is 4.70. The van der Waals surface area contributed by atoms with Gasteiger partial charge >= 0.3 is 5.97 Å². The summed E-state index contributed by atoms with van der Waals surface area (Å²) in [6.45, 7) is 1.53. The maximum absolute atomic E-state index is 12.7. The molecule has 1 aromatic heterocycles. The highest BCUT2D eigenvalue weighted by atomic mass is 16.5. The zero-order valence-corrected chi connectivity index (χ0v) is 16.9. The van der Waals surface area contributed by atoms with Crippen molar-refractivity contribution in [1.82, 2.24) is 10.2 Å². The van der Waals surface area contributed by atoms with Crippen LogP contribution in [0.1, 0.15) is 17.4 Å². The van der Waals surface area contributed by atoms with Crippen molar-refractivity contribution in [3.63, 3.8) is 0 Å². The summed E-state index contributed by atoms with van der Waals surface area (Å²) >= 11 is 0. The van der Waals surface area contributed by atoms with Crippen molar-refractivity contribution >= 4 is 17.6 Å². The van der Waals surface area contributed by atoms with Gasteiger partial charge in [-0.25, -0.2) is 4.79 Å². The number of aromatic amines is 1. The number of ether oxygens (including phenoxy) is 1. The minimum absolute atomic E-state index is 0.184. The van der Waals surface area contributed by atoms with Gasteiger partial charge in [0.25, 0.3) is 5.91 Å². The molecule has 2 N–H and O–H groups in total. The third-order valence-corrected chi connectivity index (χ3v) is 4.79. The molecule has 1 amide bonds. The van der Waals surface area contributed by atoms with E-state index in [0.717, 1.165) is 16.7 Å². The van der Waals surface area contributed by atoms with Crippen LogP contribution >= 0.6 is 0 Å². The van der Waals surface area contributed by atoms with Gasteiger partial charge in [0, 0.05) is 16.8 Å². The van der Waals surface area contributed by atoms with E-state index in [1.165, 1.54) is 6.92 Å². The topological polar surface area (TPSA) is 84.1 Å². The first-order chi connectivity index (χ1) is 15.1. The van der Waals surface area contributed by atoms with E-state index in [2.05, 4.69) is 15.5 Å². The highest BCUT2D eigenvalue weighted by Crippen LogP contribution is 2.27. The minimum atomic E-state index is -0.986. The lowest BCUT2D eigenvalue weighted by Crippen LogP contribution is -2.30. The van der Waals surface area contributed by atoms with Crippen LogP contribution in [0.25, 0.3) is 22.4 Å². The number of hydrogen-bond donors (Lipinski definition) is 2. The number of para-hydroxylation sites is 1. The summed E-state index contributed by atoms with van der Waals surface area (Å²) in [5.41, 5.74) is 4.20. The summed E-state index contributed by atoms with van der Waals surface area (Å²) in [4.78, 5) is 25.1. The van der Waals surface area contributed by atoms with Gasteiger partial charge in [0.15, 0.2) is 6.10 Å². The van der Waals surface area contributed by atoms with Crippen LogP contribution in [0, 0.1) is 0 Å². The molecule has 0 bridgehead atoms. The van der Waals surface area contributed by atoms with E-state index < -0.39 is 18.0 Å². The Morgan fingerprint density at radius 1 is 0.871 bits per heavy atom. The van der Waals surface area contributed by atoms with Crippen LogP contribution in [0.5, 0.6) is 0 Å². The Bertz CT molecular complexity index is 1190. The van der Waals surface area contributed by atoms with Crippen molar-refractivity contribution in [2.75, 3.05) is 5.32 Å². The van der Waals surface area contributed by atoms with E-state index in [4.69, 9.17) is 4.74 Å². The molecule has 0 unspecified atom stereocenters. The molecule has 0 saturated heterocycles. The monoisotopic (exact) mass is 411 g/mol. The van der Waals surface area contributed by atoms with Gasteiger partial charge in [-0.2, -0.15) is 5.10 Å². The van der Waals surface area contributed by atoms with E-state index in [1.807, 2.05) is 84.9 Å². The molecule has 4 rings (SSSR count). The van der Waals surface area contributed by atoms with E-state index in [0.29, 0.717) is 11.4 Å². The van der Waals surface area contributed by atoms with Gasteiger partial charge in [0.1, 0.15) is 5.69 Å². The molecule has 31 heavy (non-hydrogen) atoms. The molecule has 154 valence electrons. The molecule has 0 fully saturated rings. The van der Waals surface area contributed by atoms with Gasteiger partial charge < -0.3 is 10.1 Å². The molecular weight excluding hydrogens is 390 g/mol. The molecular formula is C25H21N3O3. The van der Waals surface area contributed by atoms with Gasteiger partial charge in [-0.15, -0.1) is 0 Å². The fraction of sp³-hybridized carbons (Fsp3) is 0.0800. The fourth-order valence-corrected chi connectivity index (χ4v) is 3.16. The Kier molecular flexibility index (Phi) is 5.89. The van der Waals surface area contributed by atoms with Gasteiger partial charge in [-0.1, -0.05) is 78.9 Å². The zero-order chi connectivity index (χ0) is 21.6. The Hall–Kier alpha value is -4.19. The maximum Gasteiger partial charge on any atom is 0.357 e. The molecule has 3 aromatic carbocycles. The minimum Gasteiger partial charge on any atom is -0.448 e. The Morgan fingerprint density at radius 2 is 1.48 bits per heavy atom. The van der Waals surface area contributed by atoms with E-state index in [-0.39, 0.29) is 5.69 Å². The second-order valence-corrected chi connectivity index (χ2v) is 6.98. The number of benzene rings is 3. The molecule has 0 aliphatic heterocycles. The van der Waals surface area contributed by atoms with Crippen LogP contribution in [-0.4, -0.2) is 28.2 Å². The zero-order valence-electron chi connectivity index (χ0n) is 16.9. The van der Waals surface area contributed by atoms with Gasteiger partial charge in [-0.3, -0.25) is 9.89 Å². The first-order valence-electron chi connectivity index (χ1n) is 9.89. The summed E-state index contributed by atoms with van der Waals surface area (Å²) < 4.78 is 5.34. The Morgan fingerprint density at radius 3 is 2.19 bits per heavy atom. The number of nitrogens with one attached hydrogen (secondary N) is 2. The second kappa shape index (κ2) is 9.09. The first kappa shape index (κ1) is 20.1. The molecule has 4 aromatic rings. The van der Waals surface area contributed by atoms with Crippen molar-refractivity contribution in [3.8, 4) is 22.4 Å². The molecule has 0 spiro atoms. The normalized spacial score (nSPS) is 11.5. The lowest BCUT2D eigenvalue weighted by atomic mass is 10.0. The highest BCUT2D eigenvalue weighted by molar-refractivity contribution is 5.99. The number of hydrogen-bond acceptors (Lipinski definition) is 4. The van der Waals surface area contributed by atoms with Crippen molar-refractivity contribution in [2.45, 2.75) is 13.0 Å². The van der Waals surface area contributed by atoms with Crippen molar-refractivity contribution in [1.29, 1.82) is 0 Å². The summed E-state index contributed by atoms with van der Waals surface area (Å²) in [6, 6.07) is 28.3. The van der Waals surface area contributed by atoms with Gasteiger partial charge in [0.05, 0.1) is 5.69 Å². The smallest absolute Gasteiger partial charge is 0.357 e. The summed E-state index contributed by atoms with van der Waals surface area (Å²) in [5, 5.41) is 9.67. The van der Waals surface area contributed by atoms with Crippen molar-refractivity contribution in [2.24, 2.45) is 0 Å². The summed E-state index contributed by atoms with van der Waals surface area (Å²) in [6.07, 6.45) is -0.986. The average Bonchev–Trinajstić information content (AvgIpc) is 3.31. The quantitative estimate of drug-likeness (QED) is 0.441. The number of carbonyl (C=O) groups excluding carboxylic acids is 2. The SMILES string of the molecule is C[C@H](OC(=O)c1cc(-c2ccccc2)n[nH]1)C(=O)Nc1ccccc1-c1ccccc1. The molecule has 0 aliphatic carbocycles. The molecule has 0 saturated carbocycles. The highest BCUT2D eigenvalue weighted by Gasteiger charge is 2.21. The molecule has 1 heterocycles. The molecule has 1 atom stereocenters. The number of esters is 1. The standard InChI is InChI=1S/C25H21N3O3/c1-17(31-25(30)23-16-22(27-28-23)19-12-6-3-7-13-19)24(29)26-21-15-9-8-14-20(21)18-10-4-2-5-11-18/h2-17H,1H3,(H,26,29)(H,27,28)/t17-/m0/s1. The number of H-pyrrole nitrogens is 1. The lowest BCUT2D eigenvalue weighted by Gasteiger charge is -2.15. The molecule has 6 nitrogen and oxygen atoms in total. The van der Waals surface area contributed by atoms with Crippen LogP contribution in [0.3, 0.4) is 0 Å². The second-order valence-electron chi connectivity index (χ2n) is 6.98. The average molecular weight is 411 g/mol. The number of amides is 1. The van der Waals surface area contributed by atoms with Crippen LogP contribution in [0.15, 0.2) is 91.0 Å². The first-order valence-corrected chi connectivity index (χ1v) is 9.89. The summed E-state index contributed by atoms with van der Waals surface area (Å²) in [7, 11) is 0. The molecule has 0 aliphatic rings. The number of nitrogens with zero attached hydrogens (tertiary/aromatic N) is 1. The maximum atomic E-state index is 12.7. The largest absolute Gasteiger partial charge is 0.448 e. The van der Waals surface area contributed by atoms with Crippen LogP contribution in [0.2, 0.25) is 0 Å². The van der Waals surface area contributed by atoms with E-state index >= 15 is 0 Å². The molecule has 0 radical (unpaired) electrons. The van der Waals surface area contributed by atoms with E-state index in [9.17, 15) is 9.59 Å². The van der Waals surface area contributed by atoms with Gasteiger partial charge in [0.2, 0.25) is 0 Å². The predicted octanol–water partition coefficient (Wildman–Crippen LogP) is 4.93. The van der Waals surface area contributed by atoms with Crippen molar-refractivity contribution in [3.05, 3.63) is 96.7 Å². The predicted molar refractivity (Wildman–Crippen MR) is 119 cm³/mol. The third-order valence-electron chi connectivity index (χ3n) is 4.79. The van der Waals surface area contributed by atoms with E-state index in [1.54, 1.807) is 6.07 Å². The number of carbonyl (C=O) groups is 2. The fourth-order valence-electron chi connectivity index (χ4n) is 3.16. The van der Waals surface area contributed by atoms with Crippen molar-refractivity contribution < 1.29 is 14.3 Å². The number of rotatable bonds is 6. The number of aromatic nitrogens is 2. The van der Waals surface area contributed by atoms with Crippen LogP contribution in [-0.2, 0) is 9.53 Å². The Balaban J connectivity index is 1.43. The molecule has 6 heteroatoms. The number of anilines is 1. The Labute approximate surface area is 179 Å².